The van der Waals surface area contributed by atoms with E-state index in [-0.39, 0.29) is 17.7 Å². The van der Waals surface area contributed by atoms with Crippen molar-refractivity contribution < 1.29 is 9.59 Å². The van der Waals surface area contributed by atoms with Crippen molar-refractivity contribution in [2.75, 3.05) is 7.05 Å². The topological polar surface area (TPSA) is 49.4 Å². The lowest BCUT2D eigenvalue weighted by Gasteiger charge is -2.32. The Morgan fingerprint density at radius 2 is 1.47 bits per heavy atom. The van der Waals surface area contributed by atoms with Crippen molar-refractivity contribution in [2.24, 2.45) is 0 Å². The summed E-state index contributed by atoms with van der Waals surface area (Å²) in [6, 6.07) is 27.8. The number of hydrogen-bond acceptors (Lipinski definition) is 2. The number of nitrogens with zero attached hydrogens (tertiary/aromatic N) is 1. The molecule has 3 aromatic carbocycles. The molecule has 0 fully saturated rings. The van der Waals surface area contributed by atoms with Crippen LogP contribution < -0.4 is 5.32 Å². The maximum absolute atomic E-state index is 13.8. The fourth-order valence-corrected chi connectivity index (χ4v) is 4.18. The SMILES string of the molecule is CCC(C(=O)NC)N(Cc1cccc(C)c1)C(=O)CC(c1ccccc1)c1ccccc1. The van der Waals surface area contributed by atoms with E-state index in [2.05, 4.69) is 35.6 Å². The Hall–Kier alpha value is -3.40. The first-order chi connectivity index (χ1) is 15.5. The average molecular weight is 429 g/mol. The van der Waals surface area contributed by atoms with Gasteiger partial charge in [-0.15, -0.1) is 0 Å². The minimum absolute atomic E-state index is 0.0281. The molecule has 32 heavy (non-hydrogen) atoms. The Bertz CT molecular complexity index is 978. The number of carbonyl (C=O) groups is 2. The third-order valence-electron chi connectivity index (χ3n) is 5.85. The van der Waals surface area contributed by atoms with Crippen LogP contribution in [-0.2, 0) is 16.1 Å². The molecule has 0 aliphatic heterocycles. The van der Waals surface area contributed by atoms with E-state index in [0.717, 1.165) is 22.3 Å². The van der Waals surface area contributed by atoms with E-state index >= 15 is 0 Å². The summed E-state index contributed by atoms with van der Waals surface area (Å²) < 4.78 is 0. The molecule has 0 aromatic heterocycles. The number of likely N-dealkylation sites (N-methyl/N-ethyl adjacent to an activating group) is 1. The minimum Gasteiger partial charge on any atom is -0.357 e. The van der Waals surface area contributed by atoms with Crippen LogP contribution in [0.4, 0.5) is 0 Å². The summed E-state index contributed by atoms with van der Waals surface area (Å²) in [6.07, 6.45) is 0.853. The third kappa shape index (κ3) is 5.85. The van der Waals surface area contributed by atoms with Crippen molar-refractivity contribution in [3.8, 4) is 0 Å². The van der Waals surface area contributed by atoms with Crippen molar-refractivity contribution in [1.29, 1.82) is 0 Å². The van der Waals surface area contributed by atoms with E-state index in [4.69, 9.17) is 0 Å². The quantitative estimate of drug-likeness (QED) is 0.517. The molecule has 3 aromatic rings. The van der Waals surface area contributed by atoms with Crippen LogP contribution >= 0.6 is 0 Å². The van der Waals surface area contributed by atoms with Crippen molar-refractivity contribution in [2.45, 2.75) is 45.2 Å². The Balaban J connectivity index is 1.95. The lowest BCUT2D eigenvalue weighted by molar-refractivity contribution is -0.141. The van der Waals surface area contributed by atoms with Gasteiger partial charge in [-0.2, -0.15) is 0 Å². The maximum Gasteiger partial charge on any atom is 0.242 e. The molecule has 0 aliphatic carbocycles. The lowest BCUT2D eigenvalue weighted by Crippen LogP contribution is -2.48. The molecule has 4 nitrogen and oxygen atoms in total. The van der Waals surface area contributed by atoms with Gasteiger partial charge in [-0.25, -0.2) is 0 Å². The van der Waals surface area contributed by atoms with Gasteiger partial charge in [0.15, 0.2) is 0 Å². The third-order valence-corrected chi connectivity index (χ3v) is 5.85. The van der Waals surface area contributed by atoms with E-state index in [1.165, 1.54) is 0 Å². The van der Waals surface area contributed by atoms with E-state index in [0.29, 0.717) is 19.4 Å². The summed E-state index contributed by atoms with van der Waals surface area (Å²) >= 11 is 0. The molecule has 0 saturated heterocycles. The standard InChI is InChI=1S/C28H32N2O2/c1-4-26(28(32)29-3)30(20-22-13-11-12-21(2)18-22)27(31)19-25(23-14-7-5-8-15-23)24-16-9-6-10-17-24/h5-18,25-26H,4,19-20H2,1-3H3,(H,29,32). The van der Waals surface area contributed by atoms with Gasteiger partial charge in [-0.1, -0.05) is 97.4 Å². The van der Waals surface area contributed by atoms with Gasteiger partial charge in [0.2, 0.25) is 11.8 Å². The van der Waals surface area contributed by atoms with Crippen LogP contribution in [0, 0.1) is 6.92 Å². The van der Waals surface area contributed by atoms with Gasteiger partial charge in [-0.05, 0) is 30.0 Å². The summed E-state index contributed by atoms with van der Waals surface area (Å²) in [4.78, 5) is 28.2. The van der Waals surface area contributed by atoms with Crippen LogP contribution in [0.3, 0.4) is 0 Å². The van der Waals surface area contributed by atoms with Crippen LogP contribution in [0.1, 0.15) is 47.9 Å². The van der Waals surface area contributed by atoms with Crippen LogP contribution in [-0.4, -0.2) is 29.8 Å². The number of nitrogens with one attached hydrogen (secondary N) is 1. The summed E-state index contributed by atoms with van der Waals surface area (Å²) in [5.74, 6) is -0.240. The highest BCUT2D eigenvalue weighted by molar-refractivity contribution is 5.88. The summed E-state index contributed by atoms with van der Waals surface area (Å²) in [6.45, 7) is 4.39. The molecule has 3 rings (SSSR count). The van der Waals surface area contributed by atoms with Gasteiger partial charge < -0.3 is 10.2 Å². The number of amides is 2. The minimum atomic E-state index is -0.514. The molecule has 4 heteroatoms. The smallest absolute Gasteiger partial charge is 0.242 e. The molecule has 0 radical (unpaired) electrons. The first-order valence-corrected chi connectivity index (χ1v) is 11.2. The predicted octanol–water partition coefficient (Wildman–Crippen LogP) is 5.07. The number of carbonyl (C=O) groups excluding carboxylic acids is 2. The van der Waals surface area contributed by atoms with E-state index in [1.807, 2.05) is 68.4 Å². The Morgan fingerprint density at radius 3 is 1.97 bits per heavy atom. The van der Waals surface area contributed by atoms with Crippen molar-refractivity contribution in [1.82, 2.24) is 10.2 Å². The van der Waals surface area contributed by atoms with E-state index < -0.39 is 6.04 Å². The zero-order chi connectivity index (χ0) is 22.9. The second kappa shape index (κ2) is 11.3. The number of benzene rings is 3. The van der Waals surface area contributed by atoms with Crippen molar-refractivity contribution in [3.63, 3.8) is 0 Å². The first-order valence-electron chi connectivity index (χ1n) is 11.2. The molecule has 0 heterocycles. The molecule has 2 amide bonds. The highest BCUT2D eigenvalue weighted by atomic mass is 16.2. The fourth-order valence-electron chi connectivity index (χ4n) is 4.18. The number of rotatable bonds is 9. The Kier molecular flexibility index (Phi) is 8.20. The van der Waals surface area contributed by atoms with Gasteiger partial charge in [0.1, 0.15) is 6.04 Å². The average Bonchev–Trinajstić information content (AvgIpc) is 2.83. The number of aryl methyl sites for hydroxylation is 1. The predicted molar refractivity (Wildman–Crippen MR) is 129 cm³/mol. The molecule has 0 saturated carbocycles. The highest BCUT2D eigenvalue weighted by Crippen LogP contribution is 2.29. The van der Waals surface area contributed by atoms with Crippen LogP contribution in [0.5, 0.6) is 0 Å². The second-order valence-corrected chi connectivity index (χ2v) is 8.13. The van der Waals surface area contributed by atoms with Crippen LogP contribution in [0.2, 0.25) is 0 Å². The Labute approximate surface area is 191 Å². The molecular weight excluding hydrogens is 396 g/mol. The molecule has 0 spiro atoms. The zero-order valence-electron chi connectivity index (χ0n) is 19.1. The molecule has 0 bridgehead atoms. The van der Waals surface area contributed by atoms with Crippen molar-refractivity contribution >= 4 is 11.8 Å². The highest BCUT2D eigenvalue weighted by Gasteiger charge is 2.30. The van der Waals surface area contributed by atoms with Crippen molar-refractivity contribution in [3.05, 3.63) is 107 Å². The molecular formula is C28H32N2O2. The number of hydrogen-bond donors (Lipinski definition) is 1. The van der Waals surface area contributed by atoms with Gasteiger partial charge in [0.25, 0.3) is 0 Å². The molecule has 166 valence electrons. The lowest BCUT2D eigenvalue weighted by atomic mass is 9.88. The maximum atomic E-state index is 13.8. The van der Waals surface area contributed by atoms with Crippen LogP contribution in [0.25, 0.3) is 0 Å². The first kappa shape index (κ1) is 23.3. The zero-order valence-corrected chi connectivity index (χ0v) is 19.1. The van der Waals surface area contributed by atoms with Gasteiger partial charge in [0, 0.05) is 25.9 Å². The summed E-state index contributed by atoms with van der Waals surface area (Å²) in [5, 5.41) is 2.73. The fraction of sp³-hybridized carbons (Fsp3) is 0.286. The van der Waals surface area contributed by atoms with Gasteiger partial charge in [0.05, 0.1) is 0 Å². The largest absolute Gasteiger partial charge is 0.357 e. The molecule has 1 N–H and O–H groups in total. The van der Waals surface area contributed by atoms with Gasteiger partial charge >= 0.3 is 0 Å². The second-order valence-electron chi connectivity index (χ2n) is 8.13. The molecule has 1 unspecified atom stereocenters. The van der Waals surface area contributed by atoms with Crippen LogP contribution in [0.15, 0.2) is 84.9 Å². The van der Waals surface area contributed by atoms with E-state index in [1.54, 1.807) is 11.9 Å². The summed E-state index contributed by atoms with van der Waals surface area (Å²) in [7, 11) is 1.62. The monoisotopic (exact) mass is 428 g/mol. The van der Waals surface area contributed by atoms with Gasteiger partial charge in [-0.3, -0.25) is 9.59 Å². The summed E-state index contributed by atoms with van der Waals surface area (Å²) in [5.41, 5.74) is 4.34. The van der Waals surface area contributed by atoms with E-state index in [9.17, 15) is 9.59 Å². The normalized spacial score (nSPS) is 11.8. The Morgan fingerprint density at radius 1 is 0.875 bits per heavy atom. The molecule has 0 aliphatic rings. The molecule has 1 atom stereocenters.